The van der Waals surface area contributed by atoms with Crippen LogP contribution in [0.25, 0.3) is 15.4 Å². The molecule has 2 amide bonds. The van der Waals surface area contributed by atoms with Gasteiger partial charge in [0.2, 0.25) is 5.88 Å². The number of thiazole rings is 2. The van der Waals surface area contributed by atoms with E-state index < -0.39 is 6.09 Å². The van der Waals surface area contributed by atoms with Crippen LogP contribution in [0.5, 0.6) is 11.6 Å². The quantitative estimate of drug-likeness (QED) is 0.335. The molecule has 1 aliphatic heterocycles. The number of aryl methyl sites for hydroxylation is 2. The number of rotatable bonds is 6. The lowest BCUT2D eigenvalue weighted by Gasteiger charge is -2.28. The molecule has 0 spiro atoms. The number of fused-ring (bicyclic) bond motifs is 2. The van der Waals surface area contributed by atoms with E-state index in [-0.39, 0.29) is 11.9 Å². The molecule has 1 N–H and O–H groups in total. The van der Waals surface area contributed by atoms with Crippen LogP contribution in [0.2, 0.25) is 0 Å². The third kappa shape index (κ3) is 4.78. The fourth-order valence-corrected chi connectivity index (χ4v) is 7.87. The van der Waals surface area contributed by atoms with Crippen LogP contribution >= 0.6 is 22.7 Å². The molecule has 4 heterocycles. The van der Waals surface area contributed by atoms with E-state index in [9.17, 15) is 9.59 Å². The Hall–Kier alpha value is -3.44. The molecule has 2 fully saturated rings. The van der Waals surface area contributed by atoms with Crippen LogP contribution in [0.1, 0.15) is 41.0 Å². The van der Waals surface area contributed by atoms with E-state index in [2.05, 4.69) is 22.2 Å². The van der Waals surface area contributed by atoms with Gasteiger partial charge in [0.05, 0.1) is 23.0 Å². The van der Waals surface area contributed by atoms with Crippen LogP contribution in [0.4, 0.5) is 4.79 Å². The summed E-state index contributed by atoms with van der Waals surface area (Å²) in [4.78, 5) is 39.6. The smallest absolute Gasteiger partial charge is 0.414 e. The first kappa shape index (κ1) is 25.8. The van der Waals surface area contributed by atoms with Crippen molar-refractivity contribution < 1.29 is 19.1 Å². The molecule has 0 bridgehead atoms. The van der Waals surface area contributed by atoms with Crippen LogP contribution in [-0.2, 0) is 0 Å². The maximum atomic E-state index is 14.1. The molecule has 0 radical (unpaired) electrons. The van der Waals surface area contributed by atoms with E-state index >= 15 is 0 Å². The van der Waals surface area contributed by atoms with Crippen molar-refractivity contribution in [2.75, 3.05) is 20.2 Å². The Labute approximate surface area is 234 Å². The first-order valence-electron chi connectivity index (χ1n) is 13.1. The number of aromatic nitrogens is 3. The van der Waals surface area contributed by atoms with Crippen molar-refractivity contribution >= 4 is 39.6 Å². The van der Waals surface area contributed by atoms with E-state index in [1.54, 1.807) is 11.5 Å². The number of hydrogen-bond acceptors (Lipinski definition) is 8. The molecule has 1 aliphatic carbocycles. The van der Waals surface area contributed by atoms with Gasteiger partial charge in [-0.3, -0.25) is 9.20 Å². The van der Waals surface area contributed by atoms with Gasteiger partial charge in [-0.1, -0.05) is 19.1 Å². The highest BCUT2D eigenvalue weighted by atomic mass is 32.1. The number of amides is 2. The van der Waals surface area contributed by atoms with Crippen molar-refractivity contribution in [1.29, 1.82) is 0 Å². The average Bonchev–Trinajstić information content (AvgIpc) is 3.72. The Morgan fingerprint density at radius 1 is 1.21 bits per heavy atom. The molecule has 1 aromatic carbocycles. The second-order valence-electron chi connectivity index (χ2n) is 10.5. The van der Waals surface area contributed by atoms with Gasteiger partial charge in [-0.2, -0.15) is 0 Å². The molecule has 39 heavy (non-hydrogen) atoms. The number of carbonyl (C=O) groups is 2. The molecule has 4 aromatic rings. The maximum absolute atomic E-state index is 14.1. The highest BCUT2D eigenvalue weighted by Gasteiger charge is 2.48. The summed E-state index contributed by atoms with van der Waals surface area (Å²) in [6.07, 6.45) is 3.40. The number of hydrogen-bond donors (Lipinski definition) is 1. The Morgan fingerprint density at radius 2 is 2.05 bits per heavy atom. The van der Waals surface area contributed by atoms with Crippen molar-refractivity contribution in [3.05, 3.63) is 52.2 Å². The lowest BCUT2D eigenvalue weighted by atomic mass is 9.94. The Morgan fingerprint density at radius 3 is 2.87 bits per heavy atom. The second kappa shape index (κ2) is 10.3. The molecule has 6 rings (SSSR count). The topological polar surface area (TPSA) is 98.1 Å². The first-order valence-corrected chi connectivity index (χ1v) is 14.8. The average molecular weight is 566 g/mol. The third-order valence-electron chi connectivity index (χ3n) is 7.87. The number of nitrogens with zero attached hydrogens (tertiary/aromatic N) is 4. The first-order chi connectivity index (χ1) is 18.8. The number of methoxy groups -OCH3 is 1. The molecule has 4 atom stereocenters. The van der Waals surface area contributed by atoms with Gasteiger partial charge < -0.3 is 19.7 Å². The molecular weight excluding hydrogens is 534 g/mol. The van der Waals surface area contributed by atoms with E-state index in [4.69, 9.17) is 9.47 Å². The maximum Gasteiger partial charge on any atom is 0.414 e. The van der Waals surface area contributed by atoms with Gasteiger partial charge in [0.25, 0.3) is 5.91 Å². The molecule has 3 aromatic heterocycles. The van der Waals surface area contributed by atoms with Crippen LogP contribution in [0, 0.1) is 31.6 Å². The fourth-order valence-electron chi connectivity index (χ4n) is 6.22. The molecule has 1 unspecified atom stereocenters. The van der Waals surface area contributed by atoms with Crippen LogP contribution < -0.4 is 14.8 Å². The Kier molecular flexibility index (Phi) is 6.80. The van der Waals surface area contributed by atoms with Gasteiger partial charge in [-0.15, -0.1) is 22.7 Å². The van der Waals surface area contributed by atoms with Crippen LogP contribution in [-0.4, -0.2) is 57.5 Å². The standard InChI is InChI=1S/C28H31N5O4S2/c1-15-10-19-14-33(25(34)23-24(39-17(3)31-23)18-6-5-7-20(12-18)36-4)22(21(19)11-15)13-29-28(35)37-26-16(2)30-27-32(26)8-9-38-27/h5-9,12,15,19,21-22H,10-11,13-14H2,1-4H3,(H,29,35)/t15?,19-,21-,22+/m0/s1. The minimum absolute atomic E-state index is 0.0917. The van der Waals surface area contributed by atoms with Gasteiger partial charge in [0, 0.05) is 24.7 Å². The van der Waals surface area contributed by atoms with Gasteiger partial charge in [0.15, 0.2) is 4.96 Å². The SMILES string of the molecule is COc1cccc(-c2sc(C)nc2C(=O)N2C[C@@H]3CC(C)C[C@@H]3[C@H]2CNC(=O)Oc2c(C)nc3sccn23)c1. The highest BCUT2D eigenvalue weighted by molar-refractivity contribution is 7.15. The molecular formula is C28H31N5O4S2. The molecule has 1 saturated heterocycles. The summed E-state index contributed by atoms with van der Waals surface area (Å²) in [5.74, 6) is 2.39. The monoisotopic (exact) mass is 565 g/mol. The van der Waals surface area contributed by atoms with E-state index in [0.29, 0.717) is 48.1 Å². The summed E-state index contributed by atoms with van der Waals surface area (Å²) in [6.45, 7) is 6.99. The summed E-state index contributed by atoms with van der Waals surface area (Å²) in [5, 5.41) is 5.68. The molecule has 9 nitrogen and oxygen atoms in total. The number of benzene rings is 1. The molecule has 11 heteroatoms. The minimum atomic E-state index is -0.547. The predicted molar refractivity (Wildman–Crippen MR) is 151 cm³/mol. The van der Waals surface area contributed by atoms with E-state index in [1.165, 1.54) is 22.7 Å². The lowest BCUT2D eigenvalue weighted by molar-refractivity contribution is 0.0702. The van der Waals surface area contributed by atoms with Gasteiger partial charge in [-0.05, 0) is 62.1 Å². The lowest BCUT2D eigenvalue weighted by Crippen LogP contribution is -2.46. The van der Waals surface area contributed by atoms with Gasteiger partial charge in [-0.25, -0.2) is 14.8 Å². The Bertz CT molecular complexity index is 1540. The third-order valence-corrected chi connectivity index (χ3v) is 9.64. The van der Waals surface area contributed by atoms with Gasteiger partial charge >= 0.3 is 6.09 Å². The van der Waals surface area contributed by atoms with Gasteiger partial charge in [0.1, 0.15) is 17.1 Å². The van der Waals surface area contributed by atoms with E-state index in [0.717, 1.165) is 39.0 Å². The fraction of sp³-hybridized carbons (Fsp3) is 0.429. The zero-order valence-electron chi connectivity index (χ0n) is 22.3. The van der Waals surface area contributed by atoms with Crippen molar-refractivity contribution in [3.8, 4) is 22.1 Å². The minimum Gasteiger partial charge on any atom is -0.497 e. The highest BCUT2D eigenvalue weighted by Crippen LogP contribution is 2.46. The summed E-state index contributed by atoms with van der Waals surface area (Å²) in [6, 6.07) is 7.58. The predicted octanol–water partition coefficient (Wildman–Crippen LogP) is 5.42. The van der Waals surface area contributed by atoms with Crippen molar-refractivity contribution in [2.24, 2.45) is 17.8 Å². The molecule has 1 saturated carbocycles. The van der Waals surface area contributed by atoms with Crippen molar-refractivity contribution in [3.63, 3.8) is 0 Å². The number of nitrogens with one attached hydrogen (secondary N) is 1. The second-order valence-corrected chi connectivity index (χ2v) is 12.6. The normalized spacial score (nSPS) is 22.3. The van der Waals surface area contributed by atoms with E-state index in [1.807, 2.05) is 54.6 Å². The summed E-state index contributed by atoms with van der Waals surface area (Å²) >= 11 is 2.99. The number of carbonyl (C=O) groups excluding carboxylic acids is 2. The largest absolute Gasteiger partial charge is 0.497 e. The zero-order valence-corrected chi connectivity index (χ0v) is 24.0. The zero-order chi connectivity index (χ0) is 27.3. The summed E-state index contributed by atoms with van der Waals surface area (Å²) in [5.41, 5.74) is 2.02. The Balaban J connectivity index is 1.23. The number of likely N-dealkylation sites (tertiary alicyclic amines) is 1. The number of ether oxygens (including phenoxy) is 2. The number of imidazole rings is 1. The molecule has 204 valence electrons. The molecule has 2 aliphatic rings. The van der Waals surface area contributed by atoms with Crippen LogP contribution in [0.3, 0.4) is 0 Å². The van der Waals surface area contributed by atoms with Crippen molar-refractivity contribution in [2.45, 2.75) is 39.7 Å². The summed E-state index contributed by atoms with van der Waals surface area (Å²) in [7, 11) is 1.63. The van der Waals surface area contributed by atoms with Crippen LogP contribution in [0.15, 0.2) is 35.8 Å². The van der Waals surface area contributed by atoms with Crippen molar-refractivity contribution in [1.82, 2.24) is 24.6 Å². The summed E-state index contributed by atoms with van der Waals surface area (Å²) < 4.78 is 12.8.